The molecule has 0 fully saturated rings. The Morgan fingerprint density at radius 2 is 2.47 bits per heavy atom. The summed E-state index contributed by atoms with van der Waals surface area (Å²) in [5.74, 6) is -0.557. The number of imidazole rings is 1. The van der Waals surface area contributed by atoms with Crippen LogP contribution in [-0.4, -0.2) is 38.9 Å². The lowest BCUT2D eigenvalue weighted by Crippen LogP contribution is -3.00. The zero-order valence-electron chi connectivity index (χ0n) is 7.88. The average molecular weight is 216 g/mol. The van der Waals surface area contributed by atoms with Crippen molar-refractivity contribution in [2.45, 2.75) is 6.54 Å². The maximum atomic E-state index is 11.2. The minimum absolute atomic E-state index is 0.123. The van der Waals surface area contributed by atoms with Gasteiger partial charge < -0.3 is 15.6 Å². The number of rotatable bonds is 5. The van der Waals surface area contributed by atoms with Crippen LogP contribution in [0.5, 0.6) is 0 Å². The highest BCUT2D eigenvalue weighted by Crippen LogP contribution is 1.97. The minimum atomic E-state index is -1.19. The molecule has 0 saturated heterocycles. The summed E-state index contributed by atoms with van der Waals surface area (Å²) in [4.78, 5) is 14.8. The van der Waals surface area contributed by atoms with Crippen LogP contribution in [0.25, 0.3) is 0 Å². The van der Waals surface area contributed by atoms with Crippen LogP contribution in [0.1, 0.15) is 0 Å². The molecule has 1 aromatic rings. The van der Waals surface area contributed by atoms with Gasteiger partial charge in [-0.2, -0.15) is 10.2 Å². The second-order valence-electron chi connectivity index (χ2n) is 2.76. The van der Waals surface area contributed by atoms with E-state index in [1.807, 2.05) is 0 Å². The summed E-state index contributed by atoms with van der Waals surface area (Å²) in [6.07, 6.45) is 2.71. The first kappa shape index (κ1) is 11.6. The second-order valence-corrected chi connectivity index (χ2v) is 2.76. The van der Waals surface area contributed by atoms with Gasteiger partial charge in [0.25, 0.3) is 0 Å². The van der Waals surface area contributed by atoms with Crippen LogP contribution in [0.15, 0.2) is 12.4 Å². The van der Waals surface area contributed by atoms with E-state index >= 15 is 0 Å². The van der Waals surface area contributed by atoms with Crippen molar-refractivity contribution in [1.82, 2.24) is 14.9 Å². The molecular formula is C7H12N4O4. The molecule has 0 aliphatic rings. The van der Waals surface area contributed by atoms with Crippen molar-refractivity contribution in [3.05, 3.63) is 17.6 Å². The molecule has 8 nitrogen and oxygen atoms in total. The van der Waals surface area contributed by atoms with Gasteiger partial charge in [0.2, 0.25) is 5.91 Å². The molecule has 0 aromatic carbocycles. The van der Waals surface area contributed by atoms with E-state index in [0.717, 1.165) is 0 Å². The van der Waals surface area contributed by atoms with Crippen LogP contribution in [0, 0.1) is 5.21 Å². The fourth-order valence-corrected chi connectivity index (χ4v) is 1.04. The monoisotopic (exact) mass is 216 g/mol. The molecular weight excluding hydrogens is 204 g/mol. The quantitative estimate of drug-likeness (QED) is 0.403. The summed E-state index contributed by atoms with van der Waals surface area (Å²) in [7, 11) is 0. The fraction of sp³-hybridized carbons (Fsp3) is 0.429. The predicted molar refractivity (Wildman–Crippen MR) is 48.1 cm³/mol. The van der Waals surface area contributed by atoms with E-state index in [2.05, 4.69) is 10.3 Å². The number of aliphatic hydroxyl groups is 1. The third-order valence-electron chi connectivity index (χ3n) is 1.65. The van der Waals surface area contributed by atoms with Crippen LogP contribution in [0.4, 0.5) is 5.95 Å². The van der Waals surface area contributed by atoms with E-state index < -0.39 is 5.23 Å². The van der Waals surface area contributed by atoms with Crippen LogP contribution in [-0.2, 0) is 11.3 Å². The van der Waals surface area contributed by atoms with Gasteiger partial charge in [-0.1, -0.05) is 0 Å². The molecule has 1 aromatic heterocycles. The molecule has 1 rings (SSSR count). The van der Waals surface area contributed by atoms with E-state index in [1.165, 1.54) is 17.0 Å². The van der Waals surface area contributed by atoms with Gasteiger partial charge in [-0.3, -0.25) is 9.36 Å². The molecule has 4 N–H and O–H groups in total. The van der Waals surface area contributed by atoms with Crippen LogP contribution in [0.2, 0.25) is 0 Å². The van der Waals surface area contributed by atoms with Gasteiger partial charge in [0.05, 0.1) is 12.8 Å². The van der Waals surface area contributed by atoms with Gasteiger partial charge in [-0.05, 0) is 0 Å². The van der Waals surface area contributed by atoms with Crippen LogP contribution >= 0.6 is 0 Å². The number of carbonyl (C=O) groups excluding carboxylic acids is 1. The standard InChI is InChI=1S/C7H12N4O4/c12-4-2-8-6(13)5-10-3-1-9-7(10)11(14)15/h1,3,11-12,14H,2,4-5H2,(H,8,13). The van der Waals surface area contributed by atoms with Crippen LogP contribution in [0.3, 0.4) is 0 Å². The normalized spacial score (nSPS) is 12.5. The maximum Gasteiger partial charge on any atom is 0.341 e. The Morgan fingerprint density at radius 1 is 1.73 bits per heavy atom. The van der Waals surface area contributed by atoms with Gasteiger partial charge in [0, 0.05) is 12.7 Å². The smallest absolute Gasteiger partial charge is 0.341 e. The van der Waals surface area contributed by atoms with Gasteiger partial charge >= 0.3 is 5.95 Å². The molecule has 1 heterocycles. The van der Waals surface area contributed by atoms with Crippen molar-refractivity contribution >= 4 is 11.9 Å². The maximum absolute atomic E-state index is 11.2. The summed E-state index contributed by atoms with van der Waals surface area (Å²) in [5.41, 5.74) is 0. The summed E-state index contributed by atoms with van der Waals surface area (Å²) in [6.45, 7) is -0.126. The highest BCUT2D eigenvalue weighted by atomic mass is 16.8. The Balaban J connectivity index is 2.56. The lowest BCUT2D eigenvalue weighted by atomic mass is 10.5. The number of aliphatic hydroxyl groups excluding tert-OH is 1. The minimum Gasteiger partial charge on any atom is -0.592 e. The zero-order valence-corrected chi connectivity index (χ0v) is 7.88. The lowest BCUT2D eigenvalue weighted by molar-refractivity contribution is -0.995. The number of hydrogen-bond acceptors (Lipinski definition) is 5. The van der Waals surface area contributed by atoms with E-state index in [0.29, 0.717) is 0 Å². The van der Waals surface area contributed by atoms with Crippen molar-refractivity contribution in [2.75, 3.05) is 13.2 Å². The molecule has 84 valence electrons. The van der Waals surface area contributed by atoms with Gasteiger partial charge in [0.1, 0.15) is 6.54 Å². The SMILES string of the molecule is O=C(Cn1ccnc1[NH+]([O-])O)NCCO. The molecule has 0 aliphatic heterocycles. The Labute approximate surface area is 85.3 Å². The van der Waals surface area contributed by atoms with Crippen molar-refractivity contribution in [1.29, 1.82) is 0 Å². The third-order valence-corrected chi connectivity index (χ3v) is 1.65. The topological polar surface area (TPSA) is 115 Å². The Bertz CT molecular complexity index is 325. The van der Waals surface area contributed by atoms with Crippen molar-refractivity contribution < 1.29 is 20.3 Å². The highest BCUT2D eigenvalue weighted by Gasteiger charge is 2.11. The molecule has 1 unspecified atom stereocenters. The largest absolute Gasteiger partial charge is 0.592 e. The van der Waals surface area contributed by atoms with Gasteiger partial charge in [0.15, 0.2) is 0 Å². The first-order valence-corrected chi connectivity index (χ1v) is 4.27. The molecule has 1 atom stereocenters. The predicted octanol–water partition coefficient (Wildman–Crippen LogP) is -2.60. The van der Waals surface area contributed by atoms with E-state index in [1.54, 1.807) is 0 Å². The molecule has 0 saturated carbocycles. The molecule has 0 spiro atoms. The van der Waals surface area contributed by atoms with Gasteiger partial charge in [-0.25, -0.2) is 5.21 Å². The summed E-state index contributed by atoms with van der Waals surface area (Å²) in [6, 6.07) is 0. The Morgan fingerprint density at radius 3 is 3.07 bits per heavy atom. The number of nitrogens with zero attached hydrogens (tertiary/aromatic N) is 2. The Kier molecular flexibility index (Phi) is 4.18. The van der Waals surface area contributed by atoms with Crippen molar-refractivity contribution in [3.8, 4) is 0 Å². The molecule has 0 bridgehead atoms. The highest BCUT2D eigenvalue weighted by molar-refractivity contribution is 5.75. The number of carbonyl (C=O) groups is 1. The lowest BCUT2D eigenvalue weighted by Gasteiger charge is -2.12. The van der Waals surface area contributed by atoms with E-state index in [4.69, 9.17) is 10.3 Å². The summed E-state index contributed by atoms with van der Waals surface area (Å²) in [5, 5.41) is 29.0. The molecule has 0 radical (unpaired) electrons. The number of nitrogens with one attached hydrogen (secondary N) is 2. The molecule has 1 amide bonds. The first-order valence-electron chi connectivity index (χ1n) is 4.27. The summed E-state index contributed by atoms with van der Waals surface area (Å²) >= 11 is 0. The third kappa shape index (κ3) is 3.29. The average Bonchev–Trinajstić information content (AvgIpc) is 2.62. The number of amides is 1. The molecule has 0 aliphatic carbocycles. The van der Waals surface area contributed by atoms with E-state index in [9.17, 15) is 10.0 Å². The van der Waals surface area contributed by atoms with Crippen molar-refractivity contribution in [3.63, 3.8) is 0 Å². The number of quaternary nitrogens is 1. The van der Waals surface area contributed by atoms with Crippen molar-refractivity contribution in [2.24, 2.45) is 0 Å². The zero-order chi connectivity index (χ0) is 11.3. The molecule has 8 heteroatoms. The van der Waals surface area contributed by atoms with Crippen LogP contribution < -0.4 is 10.5 Å². The summed E-state index contributed by atoms with van der Waals surface area (Å²) < 4.78 is 1.22. The first-order chi connectivity index (χ1) is 7.15. The molecule has 15 heavy (non-hydrogen) atoms. The second kappa shape index (κ2) is 5.41. The number of aromatic nitrogens is 2. The fourth-order valence-electron chi connectivity index (χ4n) is 1.04. The van der Waals surface area contributed by atoms with E-state index in [-0.39, 0.29) is 31.6 Å². The Hall–Kier alpha value is -1.48. The number of hydrogen-bond donors (Lipinski definition) is 4. The van der Waals surface area contributed by atoms with Gasteiger partial charge in [-0.15, -0.1) is 0 Å².